The van der Waals surface area contributed by atoms with Crippen molar-refractivity contribution in [1.82, 2.24) is 4.98 Å². The minimum Gasteiger partial charge on any atom is -0.462 e. The molecule has 0 aliphatic carbocycles. The maximum absolute atomic E-state index is 11.6. The number of nitrogens with two attached hydrogens (primary N) is 1. The number of piperidine rings is 1. The van der Waals surface area contributed by atoms with Crippen LogP contribution in [0.2, 0.25) is 0 Å². The molecule has 1 aromatic rings. The molecule has 0 unspecified atom stereocenters. The Bertz CT molecular complexity index is 420. The van der Waals surface area contributed by atoms with E-state index >= 15 is 0 Å². The summed E-state index contributed by atoms with van der Waals surface area (Å²) < 4.78 is 4.97. The fourth-order valence-electron chi connectivity index (χ4n) is 2.08. The van der Waals surface area contributed by atoms with Crippen LogP contribution in [0.15, 0.2) is 18.5 Å². The number of nitrogens with zero attached hydrogens (tertiary/aromatic N) is 2. The Morgan fingerprint density at radius 1 is 1.47 bits per heavy atom. The van der Waals surface area contributed by atoms with Crippen LogP contribution in [0.1, 0.15) is 30.1 Å². The van der Waals surface area contributed by atoms with Crippen molar-refractivity contribution in [2.45, 2.75) is 25.8 Å². The van der Waals surface area contributed by atoms with Gasteiger partial charge in [0, 0.05) is 25.3 Å². The van der Waals surface area contributed by atoms with E-state index in [-0.39, 0.29) is 18.4 Å². The van der Waals surface area contributed by atoms with Crippen molar-refractivity contribution in [2.75, 3.05) is 24.6 Å². The Kier molecular flexibility index (Phi) is 6.05. The second-order valence-corrected chi connectivity index (χ2v) is 4.48. The van der Waals surface area contributed by atoms with Crippen LogP contribution in [0.3, 0.4) is 0 Å². The van der Waals surface area contributed by atoms with Crippen molar-refractivity contribution < 1.29 is 9.53 Å². The lowest BCUT2D eigenvalue weighted by atomic mass is 10.1. The van der Waals surface area contributed by atoms with Crippen molar-refractivity contribution in [3.8, 4) is 0 Å². The number of carbonyl (C=O) groups excluding carboxylic acids is 1. The Hall–Kier alpha value is -1.33. The molecule has 0 aromatic carbocycles. The fourth-order valence-corrected chi connectivity index (χ4v) is 2.08. The van der Waals surface area contributed by atoms with E-state index in [2.05, 4.69) is 9.88 Å². The first-order valence-electron chi connectivity index (χ1n) is 6.33. The molecule has 5 nitrogen and oxygen atoms in total. The molecular weight excluding hydrogens is 266 g/mol. The van der Waals surface area contributed by atoms with Crippen molar-refractivity contribution in [3.05, 3.63) is 24.0 Å². The highest BCUT2D eigenvalue weighted by molar-refractivity contribution is 5.90. The summed E-state index contributed by atoms with van der Waals surface area (Å²) in [5.41, 5.74) is 7.35. The van der Waals surface area contributed by atoms with Crippen molar-refractivity contribution in [1.29, 1.82) is 0 Å². The van der Waals surface area contributed by atoms with Gasteiger partial charge < -0.3 is 15.4 Å². The van der Waals surface area contributed by atoms with Gasteiger partial charge >= 0.3 is 5.97 Å². The van der Waals surface area contributed by atoms with E-state index in [0.29, 0.717) is 18.2 Å². The maximum atomic E-state index is 11.6. The van der Waals surface area contributed by atoms with Gasteiger partial charge in [0.15, 0.2) is 0 Å². The van der Waals surface area contributed by atoms with Gasteiger partial charge in [-0.05, 0) is 25.8 Å². The molecule has 1 fully saturated rings. The predicted octanol–water partition coefficient (Wildman–Crippen LogP) is 1.61. The number of carbonyl (C=O) groups is 1. The molecule has 2 N–H and O–H groups in total. The third-order valence-corrected chi connectivity index (χ3v) is 3.14. The number of hydrogen-bond acceptors (Lipinski definition) is 5. The summed E-state index contributed by atoms with van der Waals surface area (Å²) in [6, 6.07) is 2.13. The summed E-state index contributed by atoms with van der Waals surface area (Å²) in [5.74, 6) is -0.319. The lowest BCUT2D eigenvalue weighted by Crippen LogP contribution is -2.39. The average Bonchev–Trinajstić information content (AvgIpc) is 2.40. The van der Waals surface area contributed by atoms with E-state index in [1.807, 2.05) is 6.07 Å². The molecule has 1 saturated heterocycles. The Morgan fingerprint density at radius 3 is 2.79 bits per heavy atom. The van der Waals surface area contributed by atoms with Gasteiger partial charge in [-0.3, -0.25) is 4.98 Å². The van der Waals surface area contributed by atoms with Gasteiger partial charge in [0.25, 0.3) is 0 Å². The first-order chi connectivity index (χ1) is 8.70. The van der Waals surface area contributed by atoms with E-state index in [1.165, 1.54) is 6.20 Å². The largest absolute Gasteiger partial charge is 0.462 e. The average molecular weight is 286 g/mol. The zero-order valence-corrected chi connectivity index (χ0v) is 11.9. The van der Waals surface area contributed by atoms with Crippen LogP contribution in [-0.2, 0) is 4.74 Å². The van der Waals surface area contributed by atoms with Gasteiger partial charge in [-0.1, -0.05) is 0 Å². The Morgan fingerprint density at radius 2 is 2.16 bits per heavy atom. The molecule has 2 heterocycles. The van der Waals surface area contributed by atoms with Gasteiger partial charge in [0.2, 0.25) is 0 Å². The summed E-state index contributed by atoms with van der Waals surface area (Å²) in [5, 5.41) is 0. The van der Waals surface area contributed by atoms with Crippen molar-refractivity contribution in [3.63, 3.8) is 0 Å². The SMILES string of the molecule is CCOC(=O)c1cncc(N2CCC(N)CC2)c1.Cl. The number of anilines is 1. The monoisotopic (exact) mass is 285 g/mol. The summed E-state index contributed by atoms with van der Waals surface area (Å²) in [6.07, 6.45) is 5.27. The minimum atomic E-state index is -0.319. The zero-order chi connectivity index (χ0) is 13.0. The minimum absolute atomic E-state index is 0. The standard InChI is InChI=1S/C13H19N3O2.ClH/c1-2-18-13(17)10-7-12(9-15-8-10)16-5-3-11(14)4-6-16;/h7-9,11H,2-6,14H2,1H3;1H. The van der Waals surface area contributed by atoms with Gasteiger partial charge in [0.1, 0.15) is 0 Å². The van der Waals surface area contributed by atoms with Crippen LogP contribution in [0, 0.1) is 0 Å². The van der Waals surface area contributed by atoms with Crippen LogP contribution < -0.4 is 10.6 Å². The quantitative estimate of drug-likeness (QED) is 0.855. The van der Waals surface area contributed by atoms with Crippen LogP contribution in [0.4, 0.5) is 5.69 Å². The van der Waals surface area contributed by atoms with Gasteiger partial charge in [-0.15, -0.1) is 12.4 Å². The summed E-state index contributed by atoms with van der Waals surface area (Å²) in [7, 11) is 0. The normalized spacial score (nSPS) is 15.8. The molecule has 0 atom stereocenters. The Labute approximate surface area is 119 Å². The second kappa shape index (κ2) is 7.31. The van der Waals surface area contributed by atoms with Crippen LogP contribution in [0.5, 0.6) is 0 Å². The van der Waals surface area contributed by atoms with Gasteiger partial charge in [0.05, 0.1) is 24.1 Å². The molecule has 1 aliphatic rings. The van der Waals surface area contributed by atoms with Gasteiger partial charge in [-0.2, -0.15) is 0 Å². The molecule has 0 bridgehead atoms. The molecule has 0 amide bonds. The van der Waals surface area contributed by atoms with E-state index in [1.54, 1.807) is 13.1 Å². The second-order valence-electron chi connectivity index (χ2n) is 4.48. The summed E-state index contributed by atoms with van der Waals surface area (Å²) in [4.78, 5) is 17.9. The lowest BCUT2D eigenvalue weighted by molar-refractivity contribution is 0.0526. The maximum Gasteiger partial charge on any atom is 0.339 e. The number of esters is 1. The van der Waals surface area contributed by atoms with Crippen LogP contribution in [-0.4, -0.2) is 36.7 Å². The number of rotatable bonds is 3. The smallest absolute Gasteiger partial charge is 0.339 e. The lowest BCUT2D eigenvalue weighted by Gasteiger charge is -2.31. The molecular formula is C13H20ClN3O2. The molecule has 19 heavy (non-hydrogen) atoms. The highest BCUT2D eigenvalue weighted by atomic mass is 35.5. The van der Waals surface area contributed by atoms with E-state index in [0.717, 1.165) is 31.6 Å². The van der Waals surface area contributed by atoms with Crippen molar-refractivity contribution in [2.24, 2.45) is 5.73 Å². The van der Waals surface area contributed by atoms with Gasteiger partial charge in [-0.25, -0.2) is 4.79 Å². The molecule has 0 radical (unpaired) electrons. The number of aromatic nitrogens is 1. The number of ether oxygens (including phenoxy) is 1. The first kappa shape index (κ1) is 15.7. The highest BCUT2D eigenvalue weighted by Gasteiger charge is 2.17. The molecule has 0 spiro atoms. The molecule has 1 aliphatic heterocycles. The van der Waals surface area contributed by atoms with E-state index in [9.17, 15) is 4.79 Å². The molecule has 0 saturated carbocycles. The van der Waals surface area contributed by atoms with Crippen LogP contribution in [0.25, 0.3) is 0 Å². The Balaban J connectivity index is 0.00000180. The third-order valence-electron chi connectivity index (χ3n) is 3.14. The zero-order valence-electron chi connectivity index (χ0n) is 11.0. The first-order valence-corrected chi connectivity index (χ1v) is 6.33. The van der Waals surface area contributed by atoms with Crippen molar-refractivity contribution >= 4 is 24.1 Å². The molecule has 1 aromatic heterocycles. The number of hydrogen-bond donors (Lipinski definition) is 1. The summed E-state index contributed by atoms with van der Waals surface area (Å²) in [6.45, 7) is 3.99. The number of halogens is 1. The van der Waals surface area contributed by atoms with E-state index in [4.69, 9.17) is 10.5 Å². The predicted molar refractivity (Wildman–Crippen MR) is 76.9 cm³/mol. The molecule has 106 valence electrons. The fraction of sp³-hybridized carbons (Fsp3) is 0.538. The highest BCUT2D eigenvalue weighted by Crippen LogP contribution is 2.19. The molecule has 6 heteroatoms. The molecule has 2 rings (SSSR count). The van der Waals surface area contributed by atoms with E-state index < -0.39 is 0 Å². The van der Waals surface area contributed by atoms with Crippen LogP contribution >= 0.6 is 12.4 Å². The topological polar surface area (TPSA) is 68.5 Å². The number of pyridine rings is 1. The third kappa shape index (κ3) is 4.08. The summed E-state index contributed by atoms with van der Waals surface area (Å²) >= 11 is 0.